The summed E-state index contributed by atoms with van der Waals surface area (Å²) in [5, 5.41) is 0.795. The number of fused-ring (bicyclic) bond motifs is 2. The summed E-state index contributed by atoms with van der Waals surface area (Å²) in [4.78, 5) is 37.3. The zero-order valence-electron chi connectivity index (χ0n) is 15.3. The van der Waals surface area contributed by atoms with Crippen LogP contribution in [0, 0.1) is 6.92 Å². The van der Waals surface area contributed by atoms with Crippen LogP contribution in [0.2, 0.25) is 0 Å². The molecule has 0 aliphatic rings. The highest BCUT2D eigenvalue weighted by molar-refractivity contribution is 6.00. The molecule has 0 atom stereocenters. The van der Waals surface area contributed by atoms with E-state index in [-0.39, 0.29) is 16.6 Å². The van der Waals surface area contributed by atoms with Crippen molar-refractivity contribution in [1.82, 2.24) is 4.57 Å². The third-order valence-corrected chi connectivity index (χ3v) is 4.52. The molecule has 6 nitrogen and oxygen atoms in total. The van der Waals surface area contributed by atoms with Crippen LogP contribution in [-0.4, -0.2) is 17.6 Å². The molecule has 1 aromatic carbocycles. The van der Waals surface area contributed by atoms with E-state index in [1.54, 1.807) is 17.6 Å². The van der Waals surface area contributed by atoms with Gasteiger partial charge in [0.2, 0.25) is 0 Å². The summed E-state index contributed by atoms with van der Waals surface area (Å²) in [7, 11) is 1.28. The molecule has 3 rings (SSSR count). The van der Waals surface area contributed by atoms with Crippen LogP contribution in [0.4, 0.5) is 0 Å². The Morgan fingerprint density at radius 1 is 1.12 bits per heavy atom. The van der Waals surface area contributed by atoms with Crippen molar-refractivity contribution in [3.63, 3.8) is 0 Å². The third kappa shape index (κ3) is 2.71. The summed E-state index contributed by atoms with van der Waals surface area (Å²) in [6.07, 6.45) is 1.41. The Kier molecular flexibility index (Phi) is 4.68. The Balaban J connectivity index is 2.64. The molecule has 0 aliphatic heterocycles. The summed E-state index contributed by atoms with van der Waals surface area (Å²) in [6, 6.07) is 4.27. The van der Waals surface area contributed by atoms with E-state index < -0.39 is 5.97 Å². The normalized spacial score (nSPS) is 11.2. The molecule has 0 fully saturated rings. The van der Waals surface area contributed by atoms with E-state index in [0.29, 0.717) is 40.6 Å². The Morgan fingerprint density at radius 2 is 1.81 bits per heavy atom. The highest BCUT2D eigenvalue weighted by Gasteiger charge is 2.21. The standard InChI is InChI=1S/C20H21NO5/c1-5-7-12-18-13(9-14-16(22)8-11(3)26-19(12)14)17(23)10-15(20(24)25-4)21(18)6-2/h8-10H,5-7H2,1-4H3. The van der Waals surface area contributed by atoms with Gasteiger partial charge in [-0.05, 0) is 26.3 Å². The van der Waals surface area contributed by atoms with E-state index in [1.165, 1.54) is 19.2 Å². The number of nitrogens with zero attached hydrogens (tertiary/aromatic N) is 1. The molecule has 0 amide bonds. The number of carbonyl (C=O) groups excluding carboxylic acids is 1. The van der Waals surface area contributed by atoms with Gasteiger partial charge in [0.1, 0.15) is 17.0 Å². The molecule has 0 N–H and O–H groups in total. The van der Waals surface area contributed by atoms with Crippen molar-refractivity contribution in [2.75, 3.05) is 7.11 Å². The maximum atomic E-state index is 12.7. The molecule has 0 radical (unpaired) electrons. The summed E-state index contributed by atoms with van der Waals surface area (Å²) < 4.78 is 12.5. The van der Waals surface area contributed by atoms with Gasteiger partial charge in [0.25, 0.3) is 0 Å². The number of carbonyl (C=O) groups is 1. The van der Waals surface area contributed by atoms with Gasteiger partial charge < -0.3 is 13.7 Å². The van der Waals surface area contributed by atoms with Gasteiger partial charge >= 0.3 is 5.97 Å². The second-order valence-electron chi connectivity index (χ2n) is 6.23. The zero-order valence-corrected chi connectivity index (χ0v) is 15.3. The van der Waals surface area contributed by atoms with Crippen LogP contribution >= 0.6 is 0 Å². The smallest absolute Gasteiger partial charge is 0.354 e. The van der Waals surface area contributed by atoms with Crippen LogP contribution in [0.15, 0.2) is 32.2 Å². The number of hydrogen-bond donors (Lipinski definition) is 0. The zero-order chi connectivity index (χ0) is 19.0. The molecule has 6 heteroatoms. The monoisotopic (exact) mass is 355 g/mol. The molecular formula is C20H21NO5. The molecule has 0 unspecified atom stereocenters. The van der Waals surface area contributed by atoms with Crippen LogP contribution in [0.25, 0.3) is 21.9 Å². The highest BCUT2D eigenvalue weighted by Crippen LogP contribution is 2.28. The molecule has 0 saturated heterocycles. The Hall–Kier alpha value is -2.89. The Labute approximate surface area is 150 Å². The number of methoxy groups -OCH3 is 1. The van der Waals surface area contributed by atoms with Gasteiger partial charge in [-0.3, -0.25) is 9.59 Å². The first-order valence-corrected chi connectivity index (χ1v) is 8.65. The maximum Gasteiger partial charge on any atom is 0.354 e. The van der Waals surface area contributed by atoms with Crippen molar-refractivity contribution in [3.05, 3.63) is 55.7 Å². The number of benzene rings is 1. The van der Waals surface area contributed by atoms with E-state index in [9.17, 15) is 14.4 Å². The number of aromatic nitrogens is 1. The third-order valence-electron chi connectivity index (χ3n) is 4.52. The molecule has 0 aliphatic carbocycles. The van der Waals surface area contributed by atoms with Crippen LogP contribution in [0.1, 0.15) is 42.1 Å². The molecule has 0 saturated carbocycles. The molecule has 26 heavy (non-hydrogen) atoms. The summed E-state index contributed by atoms with van der Waals surface area (Å²) in [5.41, 5.74) is 1.58. The van der Waals surface area contributed by atoms with Crippen molar-refractivity contribution in [2.24, 2.45) is 0 Å². The topological polar surface area (TPSA) is 78.5 Å². The quantitative estimate of drug-likeness (QED) is 0.530. The number of aryl methyl sites for hydroxylation is 3. The van der Waals surface area contributed by atoms with Crippen molar-refractivity contribution in [3.8, 4) is 0 Å². The fraction of sp³-hybridized carbons (Fsp3) is 0.350. The first-order chi connectivity index (χ1) is 12.4. The minimum absolute atomic E-state index is 0.178. The average Bonchev–Trinajstić information content (AvgIpc) is 2.61. The van der Waals surface area contributed by atoms with Gasteiger partial charge in [0.15, 0.2) is 10.9 Å². The number of esters is 1. The average molecular weight is 355 g/mol. The number of pyridine rings is 1. The largest absolute Gasteiger partial charge is 0.464 e. The van der Waals surface area contributed by atoms with E-state index in [0.717, 1.165) is 12.0 Å². The number of rotatable bonds is 4. The lowest BCUT2D eigenvalue weighted by Crippen LogP contribution is -2.20. The Morgan fingerprint density at radius 3 is 2.42 bits per heavy atom. The second-order valence-corrected chi connectivity index (χ2v) is 6.23. The number of ether oxygens (including phenoxy) is 1. The first-order valence-electron chi connectivity index (χ1n) is 8.65. The lowest BCUT2D eigenvalue weighted by Gasteiger charge is -2.18. The predicted molar refractivity (Wildman–Crippen MR) is 100.0 cm³/mol. The van der Waals surface area contributed by atoms with E-state index in [2.05, 4.69) is 0 Å². The van der Waals surface area contributed by atoms with Crippen molar-refractivity contribution < 1.29 is 13.9 Å². The first kappa shape index (κ1) is 17.9. The SMILES string of the molecule is CCCc1c2oc(C)cc(=O)c2cc2c(=O)cc(C(=O)OC)n(CC)c12. The molecule has 0 spiro atoms. The summed E-state index contributed by atoms with van der Waals surface area (Å²) >= 11 is 0. The van der Waals surface area contributed by atoms with Crippen LogP contribution in [0.5, 0.6) is 0 Å². The Bertz CT molecular complexity index is 1140. The van der Waals surface area contributed by atoms with Gasteiger partial charge in [0, 0.05) is 29.6 Å². The van der Waals surface area contributed by atoms with Crippen LogP contribution in [-0.2, 0) is 17.7 Å². The molecule has 2 heterocycles. The minimum Gasteiger partial charge on any atom is -0.464 e. The van der Waals surface area contributed by atoms with E-state index in [1.807, 2.05) is 13.8 Å². The number of hydrogen-bond acceptors (Lipinski definition) is 5. The lowest BCUT2D eigenvalue weighted by molar-refractivity contribution is 0.0588. The fourth-order valence-electron chi connectivity index (χ4n) is 3.44. The minimum atomic E-state index is -0.570. The van der Waals surface area contributed by atoms with Gasteiger partial charge in [0.05, 0.1) is 18.0 Å². The second kappa shape index (κ2) is 6.78. The van der Waals surface area contributed by atoms with Crippen molar-refractivity contribution >= 4 is 27.8 Å². The molecule has 0 bridgehead atoms. The molecule has 136 valence electrons. The van der Waals surface area contributed by atoms with Gasteiger partial charge in [-0.2, -0.15) is 0 Å². The van der Waals surface area contributed by atoms with Gasteiger partial charge in [-0.1, -0.05) is 13.3 Å². The fourth-order valence-corrected chi connectivity index (χ4v) is 3.44. The van der Waals surface area contributed by atoms with Crippen molar-refractivity contribution in [1.29, 1.82) is 0 Å². The molecule has 3 aromatic rings. The lowest BCUT2D eigenvalue weighted by atomic mass is 10.00. The van der Waals surface area contributed by atoms with E-state index in [4.69, 9.17) is 9.15 Å². The predicted octanol–water partition coefficient (Wildman–Crippen LogP) is 3.18. The molecular weight excluding hydrogens is 334 g/mol. The van der Waals surface area contributed by atoms with Crippen molar-refractivity contribution in [2.45, 2.75) is 40.2 Å². The van der Waals surface area contributed by atoms with E-state index >= 15 is 0 Å². The molecule has 2 aromatic heterocycles. The summed E-state index contributed by atoms with van der Waals surface area (Å²) in [6.45, 7) is 6.10. The van der Waals surface area contributed by atoms with Crippen LogP contribution < -0.4 is 10.9 Å². The highest BCUT2D eigenvalue weighted by atomic mass is 16.5. The van der Waals surface area contributed by atoms with Gasteiger partial charge in [-0.15, -0.1) is 0 Å². The summed E-state index contributed by atoms with van der Waals surface area (Å²) in [5.74, 6) is -0.0622. The van der Waals surface area contributed by atoms with Gasteiger partial charge in [-0.25, -0.2) is 4.79 Å². The van der Waals surface area contributed by atoms with Crippen LogP contribution in [0.3, 0.4) is 0 Å². The maximum absolute atomic E-state index is 12.7.